The Morgan fingerprint density at radius 3 is 2.67 bits per heavy atom. The van der Waals surface area contributed by atoms with Gasteiger partial charge in [-0.05, 0) is 6.07 Å². The van der Waals surface area contributed by atoms with Crippen molar-refractivity contribution >= 4 is 5.78 Å². The molecule has 1 aromatic rings. The first-order chi connectivity index (χ1) is 7.17. The van der Waals surface area contributed by atoms with Crippen molar-refractivity contribution in [2.24, 2.45) is 0 Å². The summed E-state index contributed by atoms with van der Waals surface area (Å²) in [5.41, 5.74) is 0.217. The topological polar surface area (TPSA) is 48.4 Å². The molecule has 15 heavy (non-hydrogen) atoms. The lowest BCUT2D eigenvalue weighted by Crippen LogP contribution is -2.18. The van der Waals surface area contributed by atoms with E-state index in [-0.39, 0.29) is 17.8 Å². The second-order valence-corrected chi connectivity index (χ2v) is 2.92. The summed E-state index contributed by atoms with van der Waals surface area (Å²) in [6.45, 7) is 0. The molecule has 0 bridgehead atoms. The van der Waals surface area contributed by atoms with Crippen molar-refractivity contribution < 1.29 is 18.7 Å². The second kappa shape index (κ2) is 5.53. The highest BCUT2D eigenvalue weighted by Crippen LogP contribution is 2.08. The van der Waals surface area contributed by atoms with Crippen LogP contribution in [-0.2, 0) is 9.47 Å². The Bertz CT molecular complexity index is 339. The van der Waals surface area contributed by atoms with Crippen LogP contribution in [0, 0.1) is 5.82 Å². The van der Waals surface area contributed by atoms with E-state index in [0.717, 1.165) is 12.3 Å². The Morgan fingerprint density at radius 2 is 2.13 bits per heavy atom. The summed E-state index contributed by atoms with van der Waals surface area (Å²) in [6.07, 6.45) is 1.79. The molecule has 82 valence electrons. The summed E-state index contributed by atoms with van der Waals surface area (Å²) in [4.78, 5) is 15.1. The number of pyridine rings is 1. The van der Waals surface area contributed by atoms with E-state index in [9.17, 15) is 9.18 Å². The molecule has 0 aliphatic heterocycles. The van der Waals surface area contributed by atoms with Gasteiger partial charge in [0.15, 0.2) is 12.1 Å². The summed E-state index contributed by atoms with van der Waals surface area (Å²) < 4.78 is 22.5. The number of hydrogen-bond donors (Lipinski definition) is 0. The highest BCUT2D eigenvalue weighted by Gasteiger charge is 2.14. The van der Waals surface area contributed by atoms with Crippen molar-refractivity contribution in [2.75, 3.05) is 14.2 Å². The number of aromatic nitrogens is 1. The number of carbonyl (C=O) groups excluding carboxylic acids is 1. The number of halogens is 1. The normalized spacial score (nSPS) is 10.7. The lowest BCUT2D eigenvalue weighted by molar-refractivity contribution is -0.0993. The molecule has 0 aromatic carbocycles. The number of Topliss-reactive ketones (excluding diaryl/α,β-unsaturated/α-hetero) is 1. The fraction of sp³-hybridized carbons (Fsp3) is 0.400. The van der Waals surface area contributed by atoms with E-state index in [1.54, 1.807) is 0 Å². The van der Waals surface area contributed by atoms with Crippen LogP contribution >= 0.6 is 0 Å². The minimum atomic E-state index is -0.610. The fourth-order valence-electron chi connectivity index (χ4n) is 1.10. The molecule has 5 heteroatoms. The summed E-state index contributed by atoms with van der Waals surface area (Å²) in [5.74, 6) is -0.803. The Balaban J connectivity index is 2.68. The van der Waals surface area contributed by atoms with Gasteiger partial charge in [-0.2, -0.15) is 0 Å². The standard InChI is InChI=1S/C10H12FNO3/c1-14-10(15-2)4-9(13)7-3-8(11)6-12-5-7/h3,5-6,10H,4H2,1-2H3. The Kier molecular flexibility index (Phi) is 4.33. The molecule has 0 saturated carbocycles. The average molecular weight is 213 g/mol. The SMILES string of the molecule is COC(CC(=O)c1cncc(F)c1)OC. The second-order valence-electron chi connectivity index (χ2n) is 2.92. The molecule has 0 atom stereocenters. The molecule has 0 saturated heterocycles. The number of ether oxygens (including phenoxy) is 2. The van der Waals surface area contributed by atoms with Gasteiger partial charge in [-0.25, -0.2) is 4.39 Å². The first-order valence-corrected chi connectivity index (χ1v) is 4.36. The predicted molar refractivity (Wildman–Crippen MR) is 50.9 cm³/mol. The maximum atomic E-state index is 12.8. The lowest BCUT2D eigenvalue weighted by atomic mass is 10.1. The highest BCUT2D eigenvalue weighted by molar-refractivity contribution is 5.95. The number of ketones is 1. The van der Waals surface area contributed by atoms with Crippen molar-refractivity contribution in [3.05, 3.63) is 29.8 Å². The zero-order valence-corrected chi connectivity index (χ0v) is 8.57. The molecule has 1 rings (SSSR count). The smallest absolute Gasteiger partial charge is 0.169 e. The van der Waals surface area contributed by atoms with Gasteiger partial charge in [0.25, 0.3) is 0 Å². The van der Waals surface area contributed by atoms with Gasteiger partial charge in [0, 0.05) is 26.0 Å². The number of carbonyl (C=O) groups is 1. The van der Waals surface area contributed by atoms with Crippen molar-refractivity contribution in [3.63, 3.8) is 0 Å². The van der Waals surface area contributed by atoms with Gasteiger partial charge in [0.05, 0.1) is 12.6 Å². The third kappa shape index (κ3) is 3.38. The first kappa shape index (κ1) is 11.7. The Labute approximate surface area is 87.0 Å². The van der Waals surface area contributed by atoms with Gasteiger partial charge < -0.3 is 9.47 Å². The molecule has 1 heterocycles. The number of methoxy groups -OCH3 is 2. The van der Waals surface area contributed by atoms with Crippen LogP contribution in [0.2, 0.25) is 0 Å². The summed E-state index contributed by atoms with van der Waals surface area (Å²) in [7, 11) is 2.87. The van der Waals surface area contributed by atoms with Gasteiger partial charge in [0.2, 0.25) is 0 Å². The minimum Gasteiger partial charge on any atom is -0.355 e. The first-order valence-electron chi connectivity index (χ1n) is 4.36. The molecule has 4 nitrogen and oxygen atoms in total. The monoisotopic (exact) mass is 213 g/mol. The van der Waals surface area contributed by atoms with Crippen LogP contribution in [0.1, 0.15) is 16.8 Å². The van der Waals surface area contributed by atoms with Gasteiger partial charge in [-0.15, -0.1) is 0 Å². The Hall–Kier alpha value is -1.33. The Morgan fingerprint density at radius 1 is 1.47 bits per heavy atom. The molecule has 0 aliphatic rings. The average Bonchev–Trinajstić information content (AvgIpc) is 2.25. The van der Waals surface area contributed by atoms with E-state index < -0.39 is 12.1 Å². The van der Waals surface area contributed by atoms with Crippen LogP contribution in [0.5, 0.6) is 0 Å². The maximum Gasteiger partial charge on any atom is 0.169 e. The van der Waals surface area contributed by atoms with Gasteiger partial charge in [0.1, 0.15) is 5.82 Å². The molecule has 0 spiro atoms. The van der Waals surface area contributed by atoms with Crippen molar-refractivity contribution in [1.82, 2.24) is 4.98 Å². The number of nitrogens with zero attached hydrogens (tertiary/aromatic N) is 1. The molecular weight excluding hydrogens is 201 g/mol. The number of rotatable bonds is 5. The molecule has 1 aromatic heterocycles. The quantitative estimate of drug-likeness (QED) is 0.548. The van der Waals surface area contributed by atoms with Crippen LogP contribution in [0.15, 0.2) is 18.5 Å². The fourth-order valence-corrected chi connectivity index (χ4v) is 1.10. The highest BCUT2D eigenvalue weighted by atomic mass is 19.1. The summed E-state index contributed by atoms with van der Waals surface area (Å²) in [5, 5.41) is 0. The zero-order chi connectivity index (χ0) is 11.3. The third-order valence-corrected chi connectivity index (χ3v) is 1.90. The van der Waals surface area contributed by atoms with Crippen LogP contribution in [0.3, 0.4) is 0 Å². The molecule has 0 radical (unpaired) electrons. The third-order valence-electron chi connectivity index (χ3n) is 1.90. The van der Waals surface area contributed by atoms with Crippen molar-refractivity contribution in [2.45, 2.75) is 12.7 Å². The van der Waals surface area contributed by atoms with Crippen molar-refractivity contribution in [1.29, 1.82) is 0 Å². The minimum absolute atomic E-state index is 0.0398. The van der Waals surface area contributed by atoms with E-state index in [1.165, 1.54) is 20.4 Å². The van der Waals surface area contributed by atoms with Gasteiger partial charge in [-0.3, -0.25) is 9.78 Å². The zero-order valence-electron chi connectivity index (χ0n) is 8.57. The van der Waals surface area contributed by atoms with E-state index in [4.69, 9.17) is 9.47 Å². The molecule has 0 aliphatic carbocycles. The van der Waals surface area contributed by atoms with Crippen molar-refractivity contribution in [3.8, 4) is 0 Å². The predicted octanol–water partition coefficient (Wildman–Crippen LogP) is 1.41. The molecule has 0 amide bonds. The van der Waals surface area contributed by atoms with E-state index in [1.807, 2.05) is 0 Å². The van der Waals surface area contributed by atoms with E-state index >= 15 is 0 Å². The molecular formula is C10H12FNO3. The van der Waals surface area contributed by atoms with E-state index in [2.05, 4.69) is 4.98 Å². The van der Waals surface area contributed by atoms with Gasteiger partial charge in [-0.1, -0.05) is 0 Å². The summed E-state index contributed by atoms with van der Waals surface area (Å²) in [6, 6.07) is 1.14. The number of hydrogen-bond acceptors (Lipinski definition) is 4. The lowest BCUT2D eigenvalue weighted by Gasteiger charge is -2.11. The van der Waals surface area contributed by atoms with Crippen LogP contribution in [-0.4, -0.2) is 31.3 Å². The van der Waals surface area contributed by atoms with Gasteiger partial charge >= 0.3 is 0 Å². The van der Waals surface area contributed by atoms with Crippen LogP contribution in [0.4, 0.5) is 4.39 Å². The summed E-state index contributed by atoms with van der Waals surface area (Å²) >= 11 is 0. The van der Waals surface area contributed by atoms with Crippen LogP contribution < -0.4 is 0 Å². The van der Waals surface area contributed by atoms with Crippen LogP contribution in [0.25, 0.3) is 0 Å². The molecule has 0 fully saturated rings. The molecule has 0 N–H and O–H groups in total. The maximum absolute atomic E-state index is 12.8. The molecule has 0 unspecified atom stereocenters. The van der Waals surface area contributed by atoms with E-state index in [0.29, 0.717) is 0 Å². The largest absolute Gasteiger partial charge is 0.355 e.